The number of oxime groups is 1. The van der Waals surface area contributed by atoms with Crippen LogP contribution in [0.3, 0.4) is 0 Å². The van der Waals surface area contributed by atoms with E-state index in [1.807, 2.05) is 4.90 Å². The van der Waals surface area contributed by atoms with Crippen molar-refractivity contribution in [2.24, 2.45) is 22.2 Å². The van der Waals surface area contributed by atoms with Crippen LogP contribution in [0.15, 0.2) is 5.16 Å². The van der Waals surface area contributed by atoms with Crippen LogP contribution in [0.2, 0.25) is 0 Å². The van der Waals surface area contributed by atoms with Gasteiger partial charge in [-0.1, -0.05) is 44.2 Å². The third kappa shape index (κ3) is 3.33. The molecule has 5 heteroatoms. The highest BCUT2D eigenvalue weighted by molar-refractivity contribution is 6.06. The number of hydrogen-bond acceptors (Lipinski definition) is 3. The zero-order valence-electron chi connectivity index (χ0n) is 13.2. The van der Waals surface area contributed by atoms with Crippen LogP contribution in [-0.2, 0) is 4.79 Å². The normalized spacial score (nSPS) is 24.0. The Labute approximate surface area is 127 Å². The minimum absolute atomic E-state index is 0.0902. The number of carbonyl (C=O) groups excluding carboxylic acids is 1. The number of amides is 1. The molecule has 1 aliphatic heterocycles. The first-order valence-corrected chi connectivity index (χ1v) is 8.41. The van der Waals surface area contributed by atoms with Crippen LogP contribution in [0.4, 0.5) is 0 Å². The van der Waals surface area contributed by atoms with E-state index in [1.165, 1.54) is 12.8 Å². The van der Waals surface area contributed by atoms with Gasteiger partial charge in [0.15, 0.2) is 5.84 Å². The number of nitrogens with zero attached hydrogens (tertiary/aromatic N) is 2. The average molecular weight is 295 g/mol. The molecule has 1 heterocycles. The van der Waals surface area contributed by atoms with E-state index in [0.29, 0.717) is 0 Å². The summed E-state index contributed by atoms with van der Waals surface area (Å²) in [5.41, 5.74) is 5.17. The van der Waals surface area contributed by atoms with Crippen LogP contribution >= 0.6 is 0 Å². The molecule has 5 nitrogen and oxygen atoms in total. The predicted octanol–water partition coefficient (Wildman–Crippen LogP) is 2.72. The van der Waals surface area contributed by atoms with Crippen LogP contribution < -0.4 is 5.73 Å². The number of likely N-dealkylation sites (tertiary alicyclic amines) is 1. The molecule has 120 valence electrons. The maximum atomic E-state index is 13.0. The molecule has 0 bridgehead atoms. The van der Waals surface area contributed by atoms with Crippen LogP contribution in [0.5, 0.6) is 0 Å². The van der Waals surface area contributed by atoms with Crippen molar-refractivity contribution < 1.29 is 10.0 Å². The number of rotatable bonds is 4. The van der Waals surface area contributed by atoms with Gasteiger partial charge in [0.1, 0.15) is 5.41 Å². The summed E-state index contributed by atoms with van der Waals surface area (Å²) < 4.78 is 0. The van der Waals surface area contributed by atoms with E-state index < -0.39 is 5.41 Å². The fraction of sp³-hybridized carbons (Fsp3) is 0.875. The molecule has 1 saturated heterocycles. The minimum atomic E-state index is -0.745. The van der Waals surface area contributed by atoms with Crippen molar-refractivity contribution in [3.05, 3.63) is 0 Å². The van der Waals surface area contributed by atoms with Gasteiger partial charge < -0.3 is 15.8 Å². The smallest absolute Gasteiger partial charge is 0.236 e. The summed E-state index contributed by atoms with van der Waals surface area (Å²) in [6.45, 7) is 3.86. The quantitative estimate of drug-likeness (QED) is 0.362. The lowest BCUT2D eigenvalue weighted by Crippen LogP contribution is -2.54. The van der Waals surface area contributed by atoms with Gasteiger partial charge in [-0.25, -0.2) is 0 Å². The second-order valence-corrected chi connectivity index (χ2v) is 6.65. The van der Waals surface area contributed by atoms with Crippen molar-refractivity contribution >= 4 is 11.7 Å². The number of amidine groups is 1. The second kappa shape index (κ2) is 7.14. The van der Waals surface area contributed by atoms with Crippen molar-refractivity contribution in [1.82, 2.24) is 4.90 Å². The Bertz CT molecular complexity index is 381. The molecular weight excluding hydrogens is 266 g/mol. The fourth-order valence-corrected chi connectivity index (χ4v) is 3.97. The molecular formula is C16H29N3O2. The van der Waals surface area contributed by atoms with Crippen LogP contribution in [0.1, 0.15) is 64.7 Å². The van der Waals surface area contributed by atoms with Crippen molar-refractivity contribution in [2.45, 2.75) is 64.7 Å². The van der Waals surface area contributed by atoms with Gasteiger partial charge in [-0.15, -0.1) is 0 Å². The van der Waals surface area contributed by atoms with Gasteiger partial charge in [-0.3, -0.25) is 4.79 Å². The van der Waals surface area contributed by atoms with Gasteiger partial charge in [0.05, 0.1) is 0 Å². The summed E-state index contributed by atoms with van der Waals surface area (Å²) in [5, 5.41) is 12.3. The van der Waals surface area contributed by atoms with Crippen molar-refractivity contribution in [3.63, 3.8) is 0 Å². The molecule has 0 unspecified atom stereocenters. The number of hydrogen-bond donors (Lipinski definition) is 2. The van der Waals surface area contributed by atoms with E-state index in [2.05, 4.69) is 12.1 Å². The number of piperidine rings is 1. The largest absolute Gasteiger partial charge is 0.409 e. The molecule has 1 aliphatic carbocycles. The van der Waals surface area contributed by atoms with Crippen molar-refractivity contribution in [2.75, 3.05) is 13.1 Å². The molecule has 2 fully saturated rings. The SMILES string of the molecule is CCCC1CCN(C(=O)C2(C(N)=NO)CCCCC2)CC1. The van der Waals surface area contributed by atoms with Crippen LogP contribution in [0, 0.1) is 11.3 Å². The monoisotopic (exact) mass is 295 g/mol. The summed E-state index contributed by atoms with van der Waals surface area (Å²) in [4.78, 5) is 14.9. The molecule has 0 aromatic rings. The lowest BCUT2D eigenvalue weighted by Gasteiger charge is -2.41. The van der Waals surface area contributed by atoms with Gasteiger partial charge in [-0.2, -0.15) is 0 Å². The van der Waals surface area contributed by atoms with E-state index in [0.717, 1.165) is 64.0 Å². The molecule has 0 spiro atoms. The molecule has 1 saturated carbocycles. The summed E-state index contributed by atoms with van der Waals surface area (Å²) >= 11 is 0. The predicted molar refractivity (Wildman–Crippen MR) is 83.1 cm³/mol. The maximum absolute atomic E-state index is 13.0. The third-order valence-electron chi connectivity index (χ3n) is 5.31. The highest BCUT2D eigenvalue weighted by atomic mass is 16.4. The minimum Gasteiger partial charge on any atom is -0.409 e. The maximum Gasteiger partial charge on any atom is 0.236 e. The Morgan fingerprint density at radius 1 is 1.29 bits per heavy atom. The van der Waals surface area contributed by atoms with E-state index >= 15 is 0 Å². The Morgan fingerprint density at radius 2 is 1.90 bits per heavy atom. The molecule has 0 aromatic heterocycles. The number of carbonyl (C=O) groups is 1. The highest BCUT2D eigenvalue weighted by Crippen LogP contribution is 2.39. The lowest BCUT2D eigenvalue weighted by atomic mass is 9.71. The van der Waals surface area contributed by atoms with Gasteiger partial charge in [0, 0.05) is 13.1 Å². The first-order valence-electron chi connectivity index (χ1n) is 8.41. The van der Waals surface area contributed by atoms with Gasteiger partial charge >= 0.3 is 0 Å². The van der Waals surface area contributed by atoms with Crippen LogP contribution in [0.25, 0.3) is 0 Å². The van der Waals surface area contributed by atoms with Crippen molar-refractivity contribution in [3.8, 4) is 0 Å². The summed E-state index contributed by atoms with van der Waals surface area (Å²) in [7, 11) is 0. The van der Waals surface area contributed by atoms with E-state index in [9.17, 15) is 4.79 Å². The van der Waals surface area contributed by atoms with E-state index in [4.69, 9.17) is 10.9 Å². The summed E-state index contributed by atoms with van der Waals surface area (Å²) in [6, 6.07) is 0. The highest BCUT2D eigenvalue weighted by Gasteiger charge is 2.46. The second-order valence-electron chi connectivity index (χ2n) is 6.65. The molecule has 2 rings (SSSR count). The van der Waals surface area contributed by atoms with Gasteiger partial charge in [0.2, 0.25) is 5.91 Å². The molecule has 0 atom stereocenters. The zero-order valence-corrected chi connectivity index (χ0v) is 13.2. The first-order chi connectivity index (χ1) is 10.1. The molecule has 1 amide bonds. The number of nitrogens with two attached hydrogens (primary N) is 1. The zero-order chi connectivity index (χ0) is 15.3. The average Bonchev–Trinajstić information content (AvgIpc) is 2.55. The fourth-order valence-electron chi connectivity index (χ4n) is 3.97. The summed E-state index contributed by atoms with van der Waals surface area (Å²) in [5.74, 6) is 0.959. The van der Waals surface area contributed by atoms with Gasteiger partial charge in [-0.05, 0) is 31.6 Å². The molecule has 21 heavy (non-hydrogen) atoms. The first kappa shape index (κ1) is 16.1. The Hall–Kier alpha value is -1.26. The van der Waals surface area contributed by atoms with Gasteiger partial charge in [0.25, 0.3) is 0 Å². The standard InChI is InChI=1S/C16H29N3O2/c1-2-6-13-7-11-19(12-8-13)15(20)16(14(17)18-21)9-4-3-5-10-16/h13,21H,2-12H2,1H3,(H2,17,18). The Kier molecular flexibility index (Phi) is 5.48. The van der Waals surface area contributed by atoms with E-state index in [1.54, 1.807) is 0 Å². The third-order valence-corrected chi connectivity index (χ3v) is 5.31. The molecule has 0 radical (unpaired) electrons. The lowest BCUT2D eigenvalue weighted by molar-refractivity contribution is -0.141. The van der Waals surface area contributed by atoms with Crippen LogP contribution in [-0.4, -0.2) is 34.9 Å². The molecule has 2 aliphatic rings. The van der Waals surface area contributed by atoms with E-state index in [-0.39, 0.29) is 11.7 Å². The molecule has 3 N–H and O–H groups in total. The van der Waals surface area contributed by atoms with Crippen molar-refractivity contribution in [1.29, 1.82) is 0 Å². The molecule has 0 aromatic carbocycles. The Morgan fingerprint density at radius 3 is 2.43 bits per heavy atom. The summed E-state index contributed by atoms with van der Waals surface area (Å²) in [6.07, 6.45) is 9.18. The topological polar surface area (TPSA) is 78.9 Å². The Balaban J connectivity index is 2.06.